The average molecular weight is 145 g/mol. The zero-order valence-electron chi connectivity index (χ0n) is 6.65. The van der Waals surface area contributed by atoms with Gasteiger partial charge in [-0.25, -0.2) is 0 Å². The van der Waals surface area contributed by atoms with Crippen LogP contribution in [-0.4, -0.2) is 11.1 Å². The lowest BCUT2D eigenvalue weighted by molar-refractivity contribution is -0.137. The van der Waals surface area contributed by atoms with E-state index in [0.717, 1.165) is 12.8 Å². The van der Waals surface area contributed by atoms with Gasteiger partial charge in [0, 0.05) is 4.79 Å². The molecule has 0 aliphatic heterocycles. The van der Waals surface area contributed by atoms with Crippen molar-refractivity contribution in [2.24, 2.45) is 0 Å². The molecule has 0 aliphatic carbocycles. The lowest BCUT2D eigenvalue weighted by atomic mass is 10.1. The molecule has 0 aromatic heterocycles. The second-order valence-electron chi connectivity index (χ2n) is 2.59. The van der Waals surface area contributed by atoms with Crippen LogP contribution < -0.4 is 0 Å². The maximum Gasteiger partial charge on any atom is 0.515 e. The fraction of sp³-hybridized carbons (Fsp3) is 0.875. The molecular formula is C8H17O2+. The molecule has 10 heavy (non-hydrogen) atoms. The third-order valence-electron chi connectivity index (χ3n) is 1.51. The SMILES string of the molecule is CCCCCCCC(=O)[OH2+]. The quantitative estimate of drug-likeness (QED) is 0.413. The lowest BCUT2D eigenvalue weighted by Gasteiger charge is -1.93. The standard InChI is InChI=1S/C8H16O2/c1-2-3-4-5-6-7-8(9)10/h2-7H2,1H3,(H,9,10)/p+1. The number of carbonyl (C=O) groups excluding carboxylic acids is 1. The van der Waals surface area contributed by atoms with Gasteiger partial charge in [0.05, 0.1) is 0 Å². The maximum absolute atomic E-state index is 10.1. The van der Waals surface area contributed by atoms with Crippen LogP contribution >= 0.6 is 0 Å². The molecule has 0 radical (unpaired) electrons. The summed E-state index contributed by atoms with van der Waals surface area (Å²) in [5.74, 6) is -0.420. The summed E-state index contributed by atoms with van der Waals surface area (Å²) in [6, 6.07) is 0. The molecule has 0 saturated heterocycles. The third-order valence-corrected chi connectivity index (χ3v) is 1.51. The van der Waals surface area contributed by atoms with Crippen LogP contribution in [-0.2, 0) is 4.79 Å². The highest BCUT2D eigenvalue weighted by Crippen LogP contribution is 2.04. The zero-order chi connectivity index (χ0) is 7.82. The Morgan fingerprint density at radius 3 is 2.30 bits per heavy atom. The number of hydrogen-bond acceptors (Lipinski definition) is 1. The number of rotatable bonds is 6. The summed E-state index contributed by atoms with van der Waals surface area (Å²) >= 11 is 0. The lowest BCUT2D eigenvalue weighted by Crippen LogP contribution is -1.93. The van der Waals surface area contributed by atoms with Crippen LogP contribution in [0.3, 0.4) is 0 Å². The summed E-state index contributed by atoms with van der Waals surface area (Å²) in [7, 11) is 0. The predicted octanol–water partition coefficient (Wildman–Crippen LogP) is 1.60. The molecule has 0 aliphatic rings. The van der Waals surface area contributed by atoms with Gasteiger partial charge in [0.2, 0.25) is 0 Å². The molecule has 0 aromatic carbocycles. The number of carbonyl (C=O) groups is 1. The molecule has 0 fully saturated rings. The summed E-state index contributed by atoms with van der Waals surface area (Å²) < 4.78 is 0. The smallest absolute Gasteiger partial charge is 0.515 e. The molecule has 2 nitrogen and oxygen atoms in total. The van der Waals surface area contributed by atoms with Crippen molar-refractivity contribution in [2.75, 3.05) is 0 Å². The van der Waals surface area contributed by atoms with Gasteiger partial charge in [0.15, 0.2) is 0 Å². The molecule has 0 spiro atoms. The Morgan fingerprint density at radius 1 is 1.20 bits per heavy atom. The van der Waals surface area contributed by atoms with E-state index in [-0.39, 0.29) is 0 Å². The van der Waals surface area contributed by atoms with E-state index in [1.54, 1.807) is 0 Å². The van der Waals surface area contributed by atoms with Crippen molar-refractivity contribution in [1.29, 1.82) is 0 Å². The molecule has 0 atom stereocenters. The van der Waals surface area contributed by atoms with Gasteiger partial charge in [-0.1, -0.05) is 32.6 Å². The molecule has 0 amide bonds. The molecule has 2 heteroatoms. The van der Waals surface area contributed by atoms with Crippen molar-refractivity contribution in [3.8, 4) is 0 Å². The van der Waals surface area contributed by atoms with Crippen molar-refractivity contribution in [3.05, 3.63) is 0 Å². The van der Waals surface area contributed by atoms with E-state index >= 15 is 0 Å². The van der Waals surface area contributed by atoms with Gasteiger partial charge in [-0.2, -0.15) is 0 Å². The van der Waals surface area contributed by atoms with E-state index in [2.05, 4.69) is 6.92 Å². The van der Waals surface area contributed by atoms with Gasteiger partial charge < -0.3 is 5.11 Å². The van der Waals surface area contributed by atoms with Crippen LogP contribution in [0.25, 0.3) is 0 Å². The average Bonchev–Trinajstić information content (AvgIpc) is 1.87. The Kier molecular flexibility index (Phi) is 6.24. The Hall–Kier alpha value is -0.530. The van der Waals surface area contributed by atoms with E-state index in [1.165, 1.54) is 19.3 Å². The van der Waals surface area contributed by atoms with Gasteiger partial charge in [0.25, 0.3) is 0 Å². The Balaban J connectivity index is 2.84. The van der Waals surface area contributed by atoms with E-state index < -0.39 is 5.97 Å². The van der Waals surface area contributed by atoms with Gasteiger partial charge >= 0.3 is 5.97 Å². The second-order valence-corrected chi connectivity index (χ2v) is 2.59. The monoisotopic (exact) mass is 145 g/mol. The van der Waals surface area contributed by atoms with E-state index in [0.29, 0.717) is 6.42 Å². The van der Waals surface area contributed by atoms with Crippen LogP contribution in [0.15, 0.2) is 0 Å². The topological polar surface area (TPSA) is 40.0 Å². The summed E-state index contributed by atoms with van der Waals surface area (Å²) in [4.78, 5) is 10.1. The molecule has 0 heterocycles. The fourth-order valence-corrected chi connectivity index (χ4v) is 0.889. The minimum Gasteiger partial charge on any atom is -0.565 e. The van der Waals surface area contributed by atoms with Gasteiger partial charge in [0.1, 0.15) is 6.42 Å². The van der Waals surface area contributed by atoms with Crippen molar-refractivity contribution < 1.29 is 9.90 Å². The van der Waals surface area contributed by atoms with Crippen molar-refractivity contribution in [2.45, 2.75) is 45.4 Å². The van der Waals surface area contributed by atoms with Gasteiger partial charge in [-0.05, 0) is 6.42 Å². The van der Waals surface area contributed by atoms with Gasteiger partial charge in [-0.3, -0.25) is 0 Å². The summed E-state index contributed by atoms with van der Waals surface area (Å²) in [6.07, 6.45) is 6.16. The summed E-state index contributed by atoms with van der Waals surface area (Å²) in [5.41, 5.74) is 0. The van der Waals surface area contributed by atoms with Crippen molar-refractivity contribution in [1.82, 2.24) is 0 Å². The van der Waals surface area contributed by atoms with Crippen LogP contribution in [0.4, 0.5) is 0 Å². The van der Waals surface area contributed by atoms with E-state index in [4.69, 9.17) is 5.11 Å². The predicted molar refractivity (Wildman–Crippen MR) is 42.0 cm³/mol. The molecule has 0 saturated carbocycles. The Bertz CT molecular complexity index is 89.3. The van der Waals surface area contributed by atoms with E-state index in [1.807, 2.05) is 0 Å². The third kappa shape index (κ3) is 7.47. The molecule has 60 valence electrons. The molecular weight excluding hydrogens is 128 g/mol. The first-order valence-electron chi connectivity index (χ1n) is 4.01. The summed E-state index contributed by atoms with van der Waals surface area (Å²) in [6.45, 7) is 2.16. The minimum absolute atomic E-state index is 0.420. The van der Waals surface area contributed by atoms with Crippen molar-refractivity contribution >= 4 is 5.97 Å². The number of unbranched alkanes of at least 4 members (excludes halogenated alkanes) is 4. The first-order valence-corrected chi connectivity index (χ1v) is 4.01. The summed E-state index contributed by atoms with van der Waals surface area (Å²) in [5, 5.41) is 6.62. The normalized spacial score (nSPS) is 9.70. The Labute approximate surface area is 62.2 Å². The first kappa shape index (κ1) is 9.47. The minimum atomic E-state index is -0.420. The highest BCUT2D eigenvalue weighted by atomic mass is 16.4. The molecule has 2 N–H and O–H groups in total. The first-order chi connectivity index (χ1) is 4.77. The largest absolute Gasteiger partial charge is 0.565 e. The maximum atomic E-state index is 10.1. The van der Waals surface area contributed by atoms with Crippen LogP contribution in [0, 0.1) is 0 Å². The van der Waals surface area contributed by atoms with Crippen molar-refractivity contribution in [3.63, 3.8) is 0 Å². The number of hydrogen-bond donors (Lipinski definition) is 0. The highest BCUT2D eigenvalue weighted by Gasteiger charge is 2.02. The Morgan fingerprint density at radius 2 is 1.80 bits per heavy atom. The second kappa shape index (κ2) is 6.59. The zero-order valence-corrected chi connectivity index (χ0v) is 6.65. The van der Waals surface area contributed by atoms with Crippen LogP contribution in [0.5, 0.6) is 0 Å². The molecule has 0 aromatic rings. The molecule has 0 bridgehead atoms. The molecule has 0 rings (SSSR count). The highest BCUT2D eigenvalue weighted by molar-refractivity contribution is 5.66. The molecule has 0 unspecified atom stereocenters. The van der Waals surface area contributed by atoms with Gasteiger partial charge in [-0.15, -0.1) is 0 Å². The van der Waals surface area contributed by atoms with E-state index in [9.17, 15) is 4.79 Å². The fourth-order valence-electron chi connectivity index (χ4n) is 0.889. The van der Waals surface area contributed by atoms with Crippen LogP contribution in [0.1, 0.15) is 45.4 Å². The van der Waals surface area contributed by atoms with Crippen LogP contribution in [0.2, 0.25) is 0 Å².